The zero-order chi connectivity index (χ0) is 14.0. The van der Waals surface area contributed by atoms with Crippen LogP contribution in [0.3, 0.4) is 0 Å². The average molecular weight is 264 g/mol. The predicted molar refractivity (Wildman–Crippen MR) is 68.9 cm³/mol. The third-order valence-corrected chi connectivity index (χ3v) is 2.25. The molecule has 0 aromatic carbocycles. The lowest BCUT2D eigenvalue weighted by molar-refractivity contribution is 0.0522. The Morgan fingerprint density at radius 2 is 2.26 bits per heavy atom. The summed E-state index contributed by atoms with van der Waals surface area (Å²) >= 11 is 0. The van der Waals surface area contributed by atoms with Gasteiger partial charge < -0.3 is 15.0 Å². The summed E-state index contributed by atoms with van der Waals surface area (Å²) in [6, 6.07) is 3.39. The molecule has 2 aromatic rings. The molecule has 0 bridgehead atoms. The quantitative estimate of drug-likeness (QED) is 0.848. The molecule has 0 fully saturated rings. The maximum absolute atomic E-state index is 11.7. The van der Waals surface area contributed by atoms with Gasteiger partial charge in [0.15, 0.2) is 0 Å². The van der Waals surface area contributed by atoms with Crippen LogP contribution in [-0.4, -0.2) is 26.3 Å². The van der Waals surface area contributed by atoms with E-state index in [-0.39, 0.29) is 12.1 Å². The number of rotatable bonds is 2. The molecule has 0 atom stereocenters. The average Bonchev–Trinajstić information content (AvgIpc) is 2.72. The van der Waals surface area contributed by atoms with Gasteiger partial charge in [-0.2, -0.15) is 5.10 Å². The first-order valence-electron chi connectivity index (χ1n) is 5.88. The van der Waals surface area contributed by atoms with Gasteiger partial charge in [-0.1, -0.05) is 0 Å². The number of aromatic amines is 1. The van der Waals surface area contributed by atoms with Crippen molar-refractivity contribution in [1.29, 1.82) is 0 Å². The first-order chi connectivity index (χ1) is 8.85. The lowest BCUT2D eigenvalue weighted by atomic mass is 10.2. The van der Waals surface area contributed by atoms with Crippen molar-refractivity contribution in [2.45, 2.75) is 32.9 Å². The van der Waals surface area contributed by atoms with Gasteiger partial charge in [0, 0.05) is 6.20 Å². The molecule has 0 radical (unpaired) electrons. The van der Waals surface area contributed by atoms with Gasteiger partial charge in [-0.05, 0) is 32.9 Å². The fraction of sp³-hybridized carbons (Fsp3) is 0.417. The Kier molecular flexibility index (Phi) is 3.28. The smallest absolute Gasteiger partial charge is 0.408 e. The number of carbonyl (C=O) groups is 1. The fourth-order valence-electron chi connectivity index (χ4n) is 1.54. The van der Waals surface area contributed by atoms with E-state index < -0.39 is 11.7 Å². The van der Waals surface area contributed by atoms with Gasteiger partial charge in [0.1, 0.15) is 16.9 Å². The lowest BCUT2D eigenvalue weighted by Crippen LogP contribution is -2.33. The van der Waals surface area contributed by atoms with E-state index in [0.717, 1.165) is 0 Å². The zero-order valence-corrected chi connectivity index (χ0v) is 11.1. The van der Waals surface area contributed by atoms with Crippen LogP contribution in [0.1, 0.15) is 26.6 Å². The number of ether oxygens (including phenoxy) is 1. The van der Waals surface area contributed by atoms with Gasteiger partial charge in [0.25, 0.3) is 5.56 Å². The van der Waals surface area contributed by atoms with Gasteiger partial charge in [-0.3, -0.25) is 4.79 Å². The van der Waals surface area contributed by atoms with Crippen molar-refractivity contribution < 1.29 is 9.53 Å². The second-order valence-corrected chi connectivity index (χ2v) is 5.09. The molecule has 0 saturated heterocycles. The number of alkyl carbamates (subject to hydrolysis) is 1. The molecule has 1 amide bonds. The molecule has 0 unspecified atom stereocenters. The molecule has 19 heavy (non-hydrogen) atoms. The van der Waals surface area contributed by atoms with Crippen LogP contribution in [0.25, 0.3) is 5.52 Å². The Hall–Kier alpha value is -2.31. The van der Waals surface area contributed by atoms with Crippen LogP contribution in [-0.2, 0) is 11.3 Å². The number of carbonyl (C=O) groups excluding carboxylic acids is 1. The molecule has 0 aliphatic heterocycles. The molecule has 7 heteroatoms. The summed E-state index contributed by atoms with van der Waals surface area (Å²) in [6.45, 7) is 5.42. The molecule has 0 spiro atoms. The van der Waals surface area contributed by atoms with E-state index in [1.807, 2.05) is 0 Å². The Morgan fingerprint density at radius 3 is 2.95 bits per heavy atom. The summed E-state index contributed by atoms with van der Waals surface area (Å²) in [4.78, 5) is 25.7. The van der Waals surface area contributed by atoms with Crippen molar-refractivity contribution in [3.05, 3.63) is 34.5 Å². The maximum Gasteiger partial charge on any atom is 0.408 e. The number of nitrogens with one attached hydrogen (secondary N) is 2. The molecular weight excluding hydrogens is 248 g/mol. The summed E-state index contributed by atoms with van der Waals surface area (Å²) in [6.07, 6.45) is 1.12. The Balaban J connectivity index is 2.06. The van der Waals surface area contributed by atoms with Gasteiger partial charge in [-0.15, -0.1) is 0 Å². The minimum absolute atomic E-state index is 0.0955. The van der Waals surface area contributed by atoms with Crippen LogP contribution in [0, 0.1) is 0 Å². The van der Waals surface area contributed by atoms with Crippen LogP contribution in [0.15, 0.2) is 23.1 Å². The molecule has 2 N–H and O–H groups in total. The van der Waals surface area contributed by atoms with Crippen molar-refractivity contribution >= 4 is 11.6 Å². The van der Waals surface area contributed by atoms with E-state index in [0.29, 0.717) is 11.3 Å². The number of aromatic nitrogens is 3. The standard InChI is InChI=1S/C12H16N4O3/c1-12(2,3)19-11(18)13-7-9-14-10(17)8-5-4-6-16(8)15-9/h4-6H,7H2,1-3H3,(H,13,18)(H,14,15,17). The van der Waals surface area contributed by atoms with Crippen LogP contribution in [0.5, 0.6) is 0 Å². The number of amides is 1. The number of nitrogens with zero attached hydrogens (tertiary/aromatic N) is 2. The summed E-state index contributed by atoms with van der Waals surface area (Å²) in [5.41, 5.74) is -0.350. The number of hydrogen-bond donors (Lipinski definition) is 2. The largest absolute Gasteiger partial charge is 0.444 e. The molecule has 2 aromatic heterocycles. The fourth-order valence-corrected chi connectivity index (χ4v) is 1.54. The highest BCUT2D eigenvalue weighted by Gasteiger charge is 2.16. The monoisotopic (exact) mass is 264 g/mol. The minimum Gasteiger partial charge on any atom is -0.444 e. The first kappa shape index (κ1) is 13.1. The van der Waals surface area contributed by atoms with E-state index in [1.165, 1.54) is 4.52 Å². The zero-order valence-electron chi connectivity index (χ0n) is 11.1. The van der Waals surface area contributed by atoms with Gasteiger partial charge >= 0.3 is 6.09 Å². The third-order valence-electron chi connectivity index (χ3n) is 2.25. The maximum atomic E-state index is 11.7. The molecule has 0 aliphatic rings. The van der Waals surface area contributed by atoms with Crippen molar-refractivity contribution in [3.8, 4) is 0 Å². The molecule has 2 heterocycles. The van der Waals surface area contributed by atoms with Crippen molar-refractivity contribution in [2.75, 3.05) is 0 Å². The van der Waals surface area contributed by atoms with Crippen molar-refractivity contribution in [2.24, 2.45) is 0 Å². The first-order valence-corrected chi connectivity index (χ1v) is 5.88. The molecule has 102 valence electrons. The number of hydrogen-bond acceptors (Lipinski definition) is 4. The van der Waals surface area contributed by atoms with Gasteiger partial charge in [0.2, 0.25) is 0 Å². The molecular formula is C12H16N4O3. The van der Waals surface area contributed by atoms with Gasteiger partial charge in [-0.25, -0.2) is 9.31 Å². The van der Waals surface area contributed by atoms with Crippen LogP contribution in [0.2, 0.25) is 0 Å². The molecule has 0 aliphatic carbocycles. The van der Waals surface area contributed by atoms with Crippen LogP contribution >= 0.6 is 0 Å². The Bertz CT molecular complexity index is 651. The van der Waals surface area contributed by atoms with E-state index in [1.54, 1.807) is 39.1 Å². The second kappa shape index (κ2) is 4.75. The third kappa shape index (κ3) is 3.34. The summed E-state index contributed by atoms with van der Waals surface area (Å²) < 4.78 is 6.55. The highest BCUT2D eigenvalue weighted by Crippen LogP contribution is 2.06. The Labute approximate surface area is 109 Å². The highest BCUT2D eigenvalue weighted by molar-refractivity contribution is 5.67. The normalized spacial score (nSPS) is 11.5. The van der Waals surface area contributed by atoms with Crippen LogP contribution in [0.4, 0.5) is 4.79 Å². The number of H-pyrrole nitrogens is 1. The van der Waals surface area contributed by atoms with E-state index in [9.17, 15) is 9.59 Å². The number of fused-ring (bicyclic) bond motifs is 1. The van der Waals surface area contributed by atoms with Gasteiger partial charge in [0.05, 0.1) is 6.54 Å². The van der Waals surface area contributed by atoms with E-state index in [2.05, 4.69) is 15.4 Å². The topological polar surface area (TPSA) is 88.5 Å². The molecule has 0 saturated carbocycles. The van der Waals surface area contributed by atoms with Crippen LogP contribution < -0.4 is 10.9 Å². The Morgan fingerprint density at radius 1 is 1.53 bits per heavy atom. The van der Waals surface area contributed by atoms with Crippen molar-refractivity contribution in [3.63, 3.8) is 0 Å². The lowest BCUT2D eigenvalue weighted by Gasteiger charge is -2.19. The van der Waals surface area contributed by atoms with Crippen molar-refractivity contribution in [1.82, 2.24) is 19.9 Å². The predicted octanol–water partition coefficient (Wildman–Crippen LogP) is 1.05. The minimum atomic E-state index is -0.560. The molecule has 7 nitrogen and oxygen atoms in total. The summed E-state index contributed by atoms with van der Waals surface area (Å²) in [5, 5.41) is 6.69. The SMILES string of the molecule is CC(C)(C)OC(=O)NCc1nn2cccc2c(=O)[nH]1. The summed E-state index contributed by atoms with van der Waals surface area (Å²) in [5.74, 6) is 0.361. The molecule has 2 rings (SSSR count). The van der Waals surface area contributed by atoms with E-state index >= 15 is 0 Å². The second-order valence-electron chi connectivity index (χ2n) is 5.09. The van der Waals surface area contributed by atoms with E-state index in [4.69, 9.17) is 4.74 Å². The summed E-state index contributed by atoms with van der Waals surface area (Å²) in [7, 11) is 0. The highest BCUT2D eigenvalue weighted by atomic mass is 16.6.